The van der Waals surface area contributed by atoms with Gasteiger partial charge in [-0.05, 0) is 49.3 Å². The summed E-state index contributed by atoms with van der Waals surface area (Å²) in [5, 5.41) is 2.24. The summed E-state index contributed by atoms with van der Waals surface area (Å²) in [6, 6.07) is 15.0. The Bertz CT molecular complexity index is 1210. The molecule has 0 fully saturated rings. The molecule has 0 radical (unpaired) electrons. The monoisotopic (exact) mass is 424 g/mol. The third-order valence-electron chi connectivity index (χ3n) is 5.45. The first kappa shape index (κ1) is 22.1. The van der Waals surface area contributed by atoms with Gasteiger partial charge in [0.1, 0.15) is 11.6 Å². The van der Waals surface area contributed by atoms with Gasteiger partial charge in [-0.1, -0.05) is 63.1 Å². The first-order chi connectivity index (χ1) is 15.3. The maximum Gasteiger partial charge on any atom is 0.163 e. The standard InChI is InChI=1S/C28H32N4/c1-17(2)12-25-30-26(13-18(3)4)32-28(31-25)24-9-7-8-23-22(24)10-11-29-27(23)21-15-19(5)14-20(6)16-21/h7-11,14-18H,12-13H2,1-6H3. The molecule has 0 saturated carbocycles. The predicted octanol–water partition coefficient (Wildman–Crippen LogP) is 6.77. The van der Waals surface area contributed by atoms with Crippen LogP contribution >= 0.6 is 0 Å². The second kappa shape index (κ2) is 9.15. The summed E-state index contributed by atoms with van der Waals surface area (Å²) in [7, 11) is 0. The zero-order chi connectivity index (χ0) is 22.8. The highest BCUT2D eigenvalue weighted by molar-refractivity contribution is 6.02. The SMILES string of the molecule is Cc1cc(C)cc(-c2nccc3c(-c4nc(CC(C)C)nc(CC(C)C)n4)cccc23)c1. The third kappa shape index (κ3) is 4.85. The van der Waals surface area contributed by atoms with Crippen molar-refractivity contribution in [3.63, 3.8) is 0 Å². The number of hydrogen-bond donors (Lipinski definition) is 0. The lowest BCUT2D eigenvalue weighted by Crippen LogP contribution is -2.10. The second-order valence-electron chi connectivity index (χ2n) is 9.62. The first-order valence-electron chi connectivity index (χ1n) is 11.5. The van der Waals surface area contributed by atoms with E-state index in [1.54, 1.807) is 0 Å². The quantitative estimate of drug-likeness (QED) is 0.343. The first-order valence-corrected chi connectivity index (χ1v) is 11.5. The average Bonchev–Trinajstić information content (AvgIpc) is 2.71. The van der Waals surface area contributed by atoms with Crippen molar-refractivity contribution < 1.29 is 0 Å². The van der Waals surface area contributed by atoms with Crippen molar-refractivity contribution in [3.05, 3.63) is 71.4 Å². The van der Waals surface area contributed by atoms with Crippen LogP contribution in [0.25, 0.3) is 33.4 Å². The highest BCUT2D eigenvalue weighted by Crippen LogP contribution is 2.33. The number of nitrogens with zero attached hydrogens (tertiary/aromatic N) is 4. The van der Waals surface area contributed by atoms with Crippen LogP contribution in [0.3, 0.4) is 0 Å². The van der Waals surface area contributed by atoms with Crippen molar-refractivity contribution in [1.29, 1.82) is 0 Å². The molecule has 2 aromatic heterocycles. The molecule has 4 aromatic rings. The van der Waals surface area contributed by atoms with Crippen LogP contribution in [0.15, 0.2) is 48.7 Å². The molecule has 32 heavy (non-hydrogen) atoms. The van der Waals surface area contributed by atoms with Crippen LogP contribution in [0.5, 0.6) is 0 Å². The molecule has 0 saturated heterocycles. The second-order valence-corrected chi connectivity index (χ2v) is 9.62. The van der Waals surface area contributed by atoms with Gasteiger partial charge in [-0.15, -0.1) is 0 Å². The van der Waals surface area contributed by atoms with Crippen molar-refractivity contribution in [2.24, 2.45) is 11.8 Å². The number of pyridine rings is 1. The molecule has 0 bridgehead atoms. The van der Waals surface area contributed by atoms with E-state index in [9.17, 15) is 0 Å². The molecule has 0 atom stereocenters. The topological polar surface area (TPSA) is 51.6 Å². The summed E-state index contributed by atoms with van der Waals surface area (Å²) in [6.45, 7) is 13.1. The molecule has 0 spiro atoms. The van der Waals surface area contributed by atoms with E-state index in [1.165, 1.54) is 11.1 Å². The molecular weight excluding hydrogens is 392 g/mol. The Morgan fingerprint density at radius 1 is 0.719 bits per heavy atom. The molecular formula is C28H32N4. The highest BCUT2D eigenvalue weighted by atomic mass is 15.0. The molecule has 0 aliphatic heterocycles. The maximum absolute atomic E-state index is 4.89. The largest absolute Gasteiger partial charge is 0.256 e. The number of hydrogen-bond acceptors (Lipinski definition) is 4. The fraction of sp³-hybridized carbons (Fsp3) is 0.357. The number of aromatic nitrogens is 4. The van der Waals surface area contributed by atoms with Crippen molar-refractivity contribution in [2.75, 3.05) is 0 Å². The number of aryl methyl sites for hydroxylation is 2. The molecule has 0 aliphatic rings. The predicted molar refractivity (Wildman–Crippen MR) is 133 cm³/mol. The molecule has 4 rings (SSSR count). The van der Waals surface area contributed by atoms with Crippen LogP contribution in [-0.2, 0) is 12.8 Å². The normalized spacial score (nSPS) is 11.6. The molecule has 0 amide bonds. The van der Waals surface area contributed by atoms with Gasteiger partial charge in [-0.2, -0.15) is 0 Å². The number of fused-ring (bicyclic) bond motifs is 1. The van der Waals surface area contributed by atoms with Crippen molar-refractivity contribution >= 4 is 10.8 Å². The van der Waals surface area contributed by atoms with Crippen LogP contribution < -0.4 is 0 Å². The Hall–Kier alpha value is -3.14. The van der Waals surface area contributed by atoms with Gasteiger partial charge in [0.25, 0.3) is 0 Å². The Labute approximate surface area is 191 Å². The van der Waals surface area contributed by atoms with E-state index in [2.05, 4.69) is 84.0 Å². The van der Waals surface area contributed by atoms with Crippen molar-refractivity contribution in [3.8, 4) is 22.6 Å². The van der Waals surface area contributed by atoms with Gasteiger partial charge in [0.2, 0.25) is 0 Å². The van der Waals surface area contributed by atoms with Crippen molar-refractivity contribution in [1.82, 2.24) is 19.9 Å². The summed E-state index contributed by atoms with van der Waals surface area (Å²) in [5.74, 6) is 3.49. The fourth-order valence-corrected chi connectivity index (χ4v) is 4.25. The Kier molecular flexibility index (Phi) is 6.31. The van der Waals surface area contributed by atoms with E-state index >= 15 is 0 Å². The number of rotatable bonds is 6. The van der Waals surface area contributed by atoms with Gasteiger partial charge < -0.3 is 0 Å². The Morgan fingerprint density at radius 2 is 1.34 bits per heavy atom. The van der Waals surface area contributed by atoms with Gasteiger partial charge in [-0.25, -0.2) is 15.0 Å². The zero-order valence-electron chi connectivity index (χ0n) is 20.0. The lowest BCUT2D eigenvalue weighted by molar-refractivity contribution is 0.588. The van der Waals surface area contributed by atoms with E-state index in [-0.39, 0.29) is 0 Å². The lowest BCUT2D eigenvalue weighted by Gasteiger charge is -2.13. The molecule has 2 heterocycles. The van der Waals surface area contributed by atoms with E-state index in [1.807, 2.05) is 6.20 Å². The maximum atomic E-state index is 4.89. The summed E-state index contributed by atoms with van der Waals surface area (Å²) in [4.78, 5) is 19.3. The molecule has 4 nitrogen and oxygen atoms in total. The molecule has 0 unspecified atom stereocenters. The fourth-order valence-electron chi connectivity index (χ4n) is 4.25. The number of benzene rings is 2. The van der Waals surface area contributed by atoms with Crippen LogP contribution in [0.2, 0.25) is 0 Å². The molecule has 4 heteroatoms. The summed E-state index contributed by atoms with van der Waals surface area (Å²) in [6.07, 6.45) is 3.59. The van der Waals surface area contributed by atoms with E-state index in [0.29, 0.717) is 11.8 Å². The molecule has 164 valence electrons. The Morgan fingerprint density at radius 3 is 1.94 bits per heavy atom. The van der Waals surface area contributed by atoms with E-state index < -0.39 is 0 Å². The van der Waals surface area contributed by atoms with Gasteiger partial charge in [0.05, 0.1) is 5.69 Å². The minimum absolute atomic E-state index is 0.491. The van der Waals surface area contributed by atoms with Crippen LogP contribution in [0.4, 0.5) is 0 Å². The third-order valence-corrected chi connectivity index (χ3v) is 5.45. The summed E-state index contributed by atoms with van der Waals surface area (Å²) in [5.41, 5.74) is 5.65. The van der Waals surface area contributed by atoms with Gasteiger partial charge >= 0.3 is 0 Å². The minimum atomic E-state index is 0.491. The highest BCUT2D eigenvalue weighted by Gasteiger charge is 2.15. The van der Waals surface area contributed by atoms with Crippen LogP contribution in [-0.4, -0.2) is 19.9 Å². The molecule has 0 aliphatic carbocycles. The van der Waals surface area contributed by atoms with Crippen LogP contribution in [0, 0.1) is 25.7 Å². The lowest BCUT2D eigenvalue weighted by atomic mass is 9.98. The minimum Gasteiger partial charge on any atom is -0.256 e. The molecule has 0 N–H and O–H groups in total. The van der Waals surface area contributed by atoms with Crippen molar-refractivity contribution in [2.45, 2.75) is 54.4 Å². The summed E-state index contributed by atoms with van der Waals surface area (Å²) >= 11 is 0. The van der Waals surface area contributed by atoms with Gasteiger partial charge in [0.15, 0.2) is 5.82 Å². The molecule has 2 aromatic carbocycles. The summed E-state index contributed by atoms with van der Waals surface area (Å²) < 4.78 is 0. The van der Waals surface area contributed by atoms with E-state index in [4.69, 9.17) is 19.9 Å². The zero-order valence-corrected chi connectivity index (χ0v) is 20.0. The van der Waals surface area contributed by atoms with Gasteiger partial charge in [-0.3, -0.25) is 4.98 Å². The van der Waals surface area contributed by atoms with Crippen LogP contribution in [0.1, 0.15) is 50.5 Å². The van der Waals surface area contributed by atoms with E-state index in [0.717, 1.165) is 57.9 Å². The smallest absolute Gasteiger partial charge is 0.163 e. The average molecular weight is 425 g/mol. The Balaban J connectivity index is 1.90. The van der Waals surface area contributed by atoms with Gasteiger partial charge in [0, 0.05) is 35.6 Å².